The summed E-state index contributed by atoms with van der Waals surface area (Å²) in [6.07, 6.45) is 0. The van der Waals surface area contributed by atoms with E-state index < -0.39 is 0 Å². The lowest BCUT2D eigenvalue weighted by Gasteiger charge is -2.15. The van der Waals surface area contributed by atoms with Gasteiger partial charge in [-0.15, -0.1) is 0 Å². The van der Waals surface area contributed by atoms with Gasteiger partial charge >= 0.3 is 0 Å². The molecular weight excluding hydrogens is 252 g/mol. The number of amides is 1. The molecule has 1 aliphatic heterocycles. The van der Waals surface area contributed by atoms with Gasteiger partial charge in [0.2, 0.25) is 5.91 Å². The number of thiazole rings is 1. The number of fused-ring (bicyclic) bond motifs is 1. The Kier molecular flexibility index (Phi) is 2.64. The number of nitrogens with zero attached hydrogens (tertiary/aromatic N) is 1. The van der Waals surface area contributed by atoms with E-state index in [0.717, 1.165) is 20.6 Å². The molecule has 1 atom stereocenters. The first kappa shape index (κ1) is 10.8. The van der Waals surface area contributed by atoms with Crippen molar-refractivity contribution in [3.63, 3.8) is 0 Å². The minimum Gasteiger partial charge on any atom is -0.314 e. The molecule has 1 amide bonds. The average molecular weight is 262 g/mol. The molecule has 2 heterocycles. The molecule has 2 aromatic rings. The number of rotatable bonds is 1. The zero-order valence-corrected chi connectivity index (χ0v) is 10.8. The van der Waals surface area contributed by atoms with Gasteiger partial charge in [0.15, 0.2) is 0 Å². The molecule has 86 valence electrons. The lowest BCUT2D eigenvalue weighted by Crippen LogP contribution is -2.25. The predicted octanol–water partition coefficient (Wildman–Crippen LogP) is 3.24. The fraction of sp³-hybridized carbons (Fsp3) is 0.167. The monoisotopic (exact) mass is 262 g/mol. The van der Waals surface area contributed by atoms with E-state index in [-0.39, 0.29) is 11.2 Å². The molecule has 5 heteroatoms. The molecular formula is C12H10N2OS2. The Balaban J connectivity index is 2.01. The van der Waals surface area contributed by atoms with Gasteiger partial charge in [-0.2, -0.15) is 0 Å². The number of aromatic nitrogens is 1. The van der Waals surface area contributed by atoms with Gasteiger partial charge in [0.25, 0.3) is 0 Å². The third-order valence-electron chi connectivity index (χ3n) is 2.51. The highest BCUT2D eigenvalue weighted by molar-refractivity contribution is 8.01. The van der Waals surface area contributed by atoms with Crippen LogP contribution in [0.3, 0.4) is 0 Å². The Morgan fingerprint density at radius 3 is 2.82 bits per heavy atom. The minimum absolute atomic E-state index is 0.0609. The average Bonchev–Trinajstić information content (AvgIpc) is 2.74. The SMILES string of the molecule is CC1Sc2nc(-c3ccccc3)sc2NC1=O. The van der Waals surface area contributed by atoms with E-state index in [2.05, 4.69) is 10.3 Å². The van der Waals surface area contributed by atoms with Crippen LogP contribution in [0, 0.1) is 0 Å². The maximum atomic E-state index is 11.5. The highest BCUT2D eigenvalue weighted by Gasteiger charge is 2.26. The topological polar surface area (TPSA) is 42.0 Å². The smallest absolute Gasteiger partial charge is 0.238 e. The van der Waals surface area contributed by atoms with E-state index in [4.69, 9.17) is 0 Å². The number of hydrogen-bond donors (Lipinski definition) is 1. The molecule has 1 unspecified atom stereocenters. The summed E-state index contributed by atoms with van der Waals surface area (Å²) in [5.41, 5.74) is 1.09. The van der Waals surface area contributed by atoms with Crippen LogP contribution in [-0.2, 0) is 4.79 Å². The molecule has 3 nitrogen and oxygen atoms in total. The van der Waals surface area contributed by atoms with Crippen LogP contribution < -0.4 is 5.32 Å². The quantitative estimate of drug-likeness (QED) is 0.858. The molecule has 0 saturated carbocycles. The summed E-state index contributed by atoms with van der Waals surface area (Å²) < 4.78 is 0. The van der Waals surface area contributed by atoms with Crippen molar-refractivity contribution < 1.29 is 4.79 Å². The van der Waals surface area contributed by atoms with Crippen molar-refractivity contribution in [2.75, 3.05) is 5.32 Å². The largest absolute Gasteiger partial charge is 0.314 e. The summed E-state index contributed by atoms with van der Waals surface area (Å²) >= 11 is 3.05. The molecule has 0 saturated heterocycles. The lowest BCUT2D eigenvalue weighted by atomic mass is 10.2. The zero-order chi connectivity index (χ0) is 11.8. The van der Waals surface area contributed by atoms with E-state index in [1.54, 1.807) is 0 Å². The minimum atomic E-state index is -0.0618. The summed E-state index contributed by atoms with van der Waals surface area (Å²) in [6, 6.07) is 10.0. The van der Waals surface area contributed by atoms with Gasteiger partial charge < -0.3 is 5.32 Å². The highest BCUT2D eigenvalue weighted by Crippen LogP contribution is 2.41. The molecule has 0 bridgehead atoms. The van der Waals surface area contributed by atoms with Crippen LogP contribution in [0.2, 0.25) is 0 Å². The van der Waals surface area contributed by atoms with E-state index in [1.165, 1.54) is 23.1 Å². The fourth-order valence-corrected chi connectivity index (χ4v) is 3.60. The third-order valence-corrected chi connectivity index (χ3v) is 4.75. The van der Waals surface area contributed by atoms with Gasteiger partial charge in [-0.25, -0.2) is 4.98 Å². The fourth-order valence-electron chi connectivity index (χ4n) is 1.60. The molecule has 17 heavy (non-hydrogen) atoms. The summed E-state index contributed by atoms with van der Waals surface area (Å²) in [5, 5.41) is 5.59. The van der Waals surface area contributed by atoms with Crippen molar-refractivity contribution in [3.05, 3.63) is 30.3 Å². The van der Waals surface area contributed by atoms with Gasteiger partial charge in [0, 0.05) is 5.56 Å². The second-order valence-electron chi connectivity index (χ2n) is 3.77. The Hall–Kier alpha value is -1.33. The van der Waals surface area contributed by atoms with Gasteiger partial charge in [-0.05, 0) is 6.92 Å². The summed E-state index contributed by atoms with van der Waals surface area (Å²) in [5.74, 6) is 0.0609. The molecule has 1 aromatic carbocycles. The van der Waals surface area contributed by atoms with E-state index in [9.17, 15) is 4.79 Å². The maximum Gasteiger partial charge on any atom is 0.238 e. The van der Waals surface area contributed by atoms with Gasteiger partial charge in [-0.1, -0.05) is 53.4 Å². The molecule has 0 spiro atoms. The zero-order valence-electron chi connectivity index (χ0n) is 9.14. The highest BCUT2D eigenvalue weighted by atomic mass is 32.2. The van der Waals surface area contributed by atoms with Crippen molar-refractivity contribution in [1.82, 2.24) is 4.98 Å². The normalized spacial score (nSPS) is 18.6. The predicted molar refractivity (Wildman–Crippen MR) is 71.5 cm³/mol. The van der Waals surface area contributed by atoms with E-state index in [0.29, 0.717) is 0 Å². The first-order chi connectivity index (χ1) is 8.24. The van der Waals surface area contributed by atoms with Crippen LogP contribution in [0.5, 0.6) is 0 Å². The van der Waals surface area contributed by atoms with Crippen LogP contribution in [-0.4, -0.2) is 16.1 Å². The number of nitrogens with one attached hydrogen (secondary N) is 1. The first-order valence-corrected chi connectivity index (χ1v) is 6.97. The Bertz CT molecular complexity index is 565. The number of benzene rings is 1. The summed E-state index contributed by atoms with van der Waals surface area (Å²) in [6.45, 7) is 1.89. The first-order valence-electron chi connectivity index (χ1n) is 5.28. The molecule has 0 aliphatic carbocycles. The number of carbonyl (C=O) groups excluding carboxylic acids is 1. The molecule has 1 aromatic heterocycles. The van der Waals surface area contributed by atoms with Crippen molar-refractivity contribution in [1.29, 1.82) is 0 Å². The van der Waals surface area contributed by atoms with Crippen LogP contribution in [0.1, 0.15) is 6.92 Å². The van der Waals surface area contributed by atoms with Gasteiger partial charge in [-0.3, -0.25) is 4.79 Å². The molecule has 3 rings (SSSR count). The van der Waals surface area contributed by atoms with E-state index >= 15 is 0 Å². The van der Waals surface area contributed by atoms with E-state index in [1.807, 2.05) is 37.3 Å². The van der Waals surface area contributed by atoms with Crippen LogP contribution in [0.25, 0.3) is 10.6 Å². The van der Waals surface area contributed by atoms with Crippen LogP contribution in [0.15, 0.2) is 35.4 Å². The Morgan fingerprint density at radius 2 is 2.06 bits per heavy atom. The van der Waals surface area contributed by atoms with Crippen LogP contribution in [0.4, 0.5) is 5.00 Å². The van der Waals surface area contributed by atoms with Gasteiger partial charge in [0.1, 0.15) is 15.0 Å². The molecule has 1 aliphatic rings. The number of hydrogen-bond acceptors (Lipinski definition) is 4. The standard InChI is InChI=1S/C12H10N2OS2/c1-7-9(15)13-11-12(16-7)14-10(17-11)8-5-3-2-4-6-8/h2-7H,1H3,(H,13,15). The number of thioether (sulfide) groups is 1. The number of anilines is 1. The van der Waals surface area contributed by atoms with Crippen molar-refractivity contribution in [3.8, 4) is 10.6 Å². The Morgan fingerprint density at radius 1 is 1.29 bits per heavy atom. The van der Waals surface area contributed by atoms with Crippen LogP contribution >= 0.6 is 23.1 Å². The molecule has 0 radical (unpaired) electrons. The van der Waals surface area contributed by atoms with Gasteiger partial charge in [0.05, 0.1) is 5.25 Å². The van der Waals surface area contributed by atoms with Crippen molar-refractivity contribution in [2.45, 2.75) is 17.2 Å². The third kappa shape index (κ3) is 1.96. The second-order valence-corrected chi connectivity index (χ2v) is 6.10. The Labute approximate surface area is 107 Å². The van der Waals surface area contributed by atoms with Crippen molar-refractivity contribution >= 4 is 34.0 Å². The second kappa shape index (κ2) is 4.16. The number of carbonyl (C=O) groups is 1. The maximum absolute atomic E-state index is 11.5. The summed E-state index contributed by atoms with van der Waals surface area (Å²) in [7, 11) is 0. The molecule has 1 N–H and O–H groups in total. The lowest BCUT2D eigenvalue weighted by molar-refractivity contribution is -0.115. The molecule has 0 fully saturated rings. The van der Waals surface area contributed by atoms with Crippen molar-refractivity contribution in [2.24, 2.45) is 0 Å². The summed E-state index contributed by atoms with van der Waals surface area (Å²) in [4.78, 5) is 16.1.